The quantitative estimate of drug-likeness (QED) is 0.831. The van der Waals surface area contributed by atoms with Gasteiger partial charge < -0.3 is 10.2 Å². The molecule has 1 N–H and O–H groups in total. The van der Waals surface area contributed by atoms with Gasteiger partial charge in [-0.3, -0.25) is 9.59 Å². The summed E-state index contributed by atoms with van der Waals surface area (Å²) in [5.74, 6) is -0.553. The molecule has 2 aromatic rings. The van der Waals surface area contributed by atoms with Crippen LogP contribution in [-0.4, -0.2) is 40.0 Å². The Morgan fingerprint density at radius 2 is 2.16 bits per heavy atom. The Kier molecular flexibility index (Phi) is 5.45. The van der Waals surface area contributed by atoms with Crippen LogP contribution in [0.2, 0.25) is 5.02 Å². The van der Waals surface area contributed by atoms with E-state index in [1.165, 1.54) is 17.4 Å². The van der Waals surface area contributed by atoms with Crippen LogP contribution in [0.25, 0.3) is 10.6 Å². The molecular weight excluding hydrogens is 360 g/mol. The summed E-state index contributed by atoms with van der Waals surface area (Å²) in [7, 11) is 0. The molecule has 0 bridgehead atoms. The molecule has 25 heavy (non-hydrogen) atoms. The van der Waals surface area contributed by atoms with Gasteiger partial charge in [-0.2, -0.15) is 0 Å². The van der Waals surface area contributed by atoms with Crippen molar-refractivity contribution in [1.82, 2.24) is 15.1 Å². The van der Waals surface area contributed by atoms with E-state index < -0.39 is 0 Å². The molecule has 1 aliphatic heterocycles. The van der Waals surface area contributed by atoms with Crippen LogP contribution >= 0.6 is 22.9 Å². The Morgan fingerprint density at radius 1 is 1.36 bits per heavy atom. The van der Waals surface area contributed by atoms with Crippen LogP contribution in [0, 0.1) is 5.92 Å². The molecule has 0 saturated carbocycles. The van der Waals surface area contributed by atoms with Crippen LogP contribution in [-0.2, 0) is 9.59 Å². The molecular formula is C17H17ClN4O2S. The number of hydrogen-bond acceptors (Lipinski definition) is 5. The van der Waals surface area contributed by atoms with Crippen molar-refractivity contribution in [2.45, 2.75) is 12.8 Å². The third-order valence-electron chi connectivity index (χ3n) is 4.04. The number of hydrogen-bond donors (Lipinski definition) is 1. The van der Waals surface area contributed by atoms with Crippen molar-refractivity contribution >= 4 is 39.9 Å². The predicted octanol–water partition coefficient (Wildman–Crippen LogP) is 3.22. The molecule has 1 saturated heterocycles. The lowest BCUT2D eigenvalue weighted by Crippen LogP contribution is -2.43. The van der Waals surface area contributed by atoms with Gasteiger partial charge in [-0.25, -0.2) is 0 Å². The fourth-order valence-electron chi connectivity index (χ4n) is 2.75. The average molecular weight is 377 g/mol. The van der Waals surface area contributed by atoms with Crippen LogP contribution in [0.3, 0.4) is 0 Å². The minimum Gasteiger partial charge on any atom is -0.338 e. The van der Waals surface area contributed by atoms with Crippen LogP contribution < -0.4 is 5.32 Å². The summed E-state index contributed by atoms with van der Waals surface area (Å²) in [6.45, 7) is 4.55. The van der Waals surface area contributed by atoms with Gasteiger partial charge in [0, 0.05) is 18.7 Å². The highest BCUT2D eigenvalue weighted by molar-refractivity contribution is 7.18. The van der Waals surface area contributed by atoms with Crippen LogP contribution in [0.1, 0.15) is 12.8 Å². The van der Waals surface area contributed by atoms with E-state index in [4.69, 9.17) is 11.6 Å². The first-order chi connectivity index (χ1) is 12.1. The Morgan fingerprint density at radius 3 is 2.92 bits per heavy atom. The summed E-state index contributed by atoms with van der Waals surface area (Å²) in [6, 6.07) is 7.35. The molecule has 1 aliphatic rings. The zero-order valence-corrected chi connectivity index (χ0v) is 15.0. The molecule has 1 aromatic heterocycles. The van der Waals surface area contributed by atoms with Crippen molar-refractivity contribution < 1.29 is 9.59 Å². The number of likely N-dealkylation sites (tertiary alicyclic amines) is 1. The SMILES string of the molecule is C=CC(=O)N1CCCC(C(=O)Nc2nnc(-c3ccccc3Cl)s2)C1. The lowest BCUT2D eigenvalue weighted by molar-refractivity contribution is -0.130. The molecule has 2 amide bonds. The van der Waals surface area contributed by atoms with E-state index in [0.717, 1.165) is 18.4 Å². The molecule has 1 atom stereocenters. The summed E-state index contributed by atoms with van der Waals surface area (Å²) >= 11 is 7.43. The number of anilines is 1. The number of carbonyl (C=O) groups is 2. The number of rotatable bonds is 4. The Bertz CT molecular complexity index is 807. The van der Waals surface area contributed by atoms with Gasteiger partial charge in [-0.1, -0.05) is 47.7 Å². The molecule has 130 valence electrons. The number of halogens is 1. The lowest BCUT2D eigenvalue weighted by Gasteiger charge is -2.31. The summed E-state index contributed by atoms with van der Waals surface area (Å²) in [5.41, 5.74) is 0.780. The number of nitrogens with zero attached hydrogens (tertiary/aromatic N) is 3. The molecule has 0 aliphatic carbocycles. The van der Waals surface area contributed by atoms with Crippen LogP contribution in [0.15, 0.2) is 36.9 Å². The van der Waals surface area contributed by atoms with Gasteiger partial charge in [0.1, 0.15) is 0 Å². The van der Waals surface area contributed by atoms with E-state index in [1.54, 1.807) is 11.0 Å². The number of piperidine rings is 1. The van der Waals surface area contributed by atoms with E-state index in [1.807, 2.05) is 18.2 Å². The van der Waals surface area contributed by atoms with Crippen molar-refractivity contribution in [3.8, 4) is 10.6 Å². The highest BCUT2D eigenvalue weighted by Crippen LogP contribution is 2.32. The zero-order chi connectivity index (χ0) is 17.8. The standard InChI is InChI=1S/C17H17ClN4O2S/c1-2-14(23)22-9-5-6-11(10-22)15(24)19-17-21-20-16(25-17)12-7-3-4-8-13(12)18/h2-4,7-8,11H,1,5-6,9-10H2,(H,19,21,24). The molecule has 8 heteroatoms. The van der Waals surface area contributed by atoms with Gasteiger partial charge in [-0.15, -0.1) is 10.2 Å². The number of aromatic nitrogens is 2. The minimum atomic E-state index is -0.259. The molecule has 1 fully saturated rings. The first kappa shape index (κ1) is 17.6. The largest absolute Gasteiger partial charge is 0.338 e. The van der Waals surface area contributed by atoms with E-state index in [2.05, 4.69) is 22.1 Å². The normalized spacial score (nSPS) is 17.2. The Hall–Kier alpha value is -2.25. The molecule has 6 nitrogen and oxygen atoms in total. The smallest absolute Gasteiger partial charge is 0.245 e. The zero-order valence-electron chi connectivity index (χ0n) is 13.4. The van der Waals surface area contributed by atoms with Gasteiger partial charge in [0.05, 0.1) is 10.9 Å². The second kappa shape index (κ2) is 7.76. The third-order valence-corrected chi connectivity index (χ3v) is 5.24. The Labute approximate surface area is 154 Å². The van der Waals surface area contributed by atoms with Gasteiger partial charge in [-0.05, 0) is 25.0 Å². The maximum atomic E-state index is 12.5. The fraction of sp³-hybridized carbons (Fsp3) is 0.294. The summed E-state index contributed by atoms with van der Waals surface area (Å²) in [4.78, 5) is 25.9. The molecule has 2 heterocycles. The molecule has 1 aromatic carbocycles. The number of benzene rings is 1. The molecule has 0 spiro atoms. The number of carbonyl (C=O) groups excluding carboxylic acids is 2. The van der Waals surface area contributed by atoms with Gasteiger partial charge >= 0.3 is 0 Å². The monoisotopic (exact) mass is 376 g/mol. The maximum absolute atomic E-state index is 12.5. The molecule has 0 radical (unpaired) electrons. The van der Waals surface area contributed by atoms with Crippen LogP contribution in [0.4, 0.5) is 5.13 Å². The second-order valence-corrected chi connectivity index (χ2v) is 7.09. The summed E-state index contributed by atoms with van der Waals surface area (Å²) < 4.78 is 0. The van der Waals surface area contributed by atoms with E-state index in [0.29, 0.717) is 28.3 Å². The molecule has 1 unspecified atom stereocenters. The molecule has 3 rings (SSSR count). The third kappa shape index (κ3) is 4.05. The highest BCUT2D eigenvalue weighted by atomic mass is 35.5. The van der Waals surface area contributed by atoms with Crippen molar-refractivity contribution in [1.29, 1.82) is 0 Å². The topological polar surface area (TPSA) is 75.2 Å². The van der Waals surface area contributed by atoms with E-state index in [-0.39, 0.29) is 17.7 Å². The van der Waals surface area contributed by atoms with Crippen molar-refractivity contribution in [2.24, 2.45) is 5.92 Å². The van der Waals surface area contributed by atoms with E-state index >= 15 is 0 Å². The first-order valence-corrected chi connectivity index (χ1v) is 9.08. The average Bonchev–Trinajstić information content (AvgIpc) is 3.09. The summed E-state index contributed by atoms with van der Waals surface area (Å²) in [6.07, 6.45) is 2.81. The van der Waals surface area contributed by atoms with Gasteiger partial charge in [0.25, 0.3) is 0 Å². The minimum absolute atomic E-state index is 0.144. The van der Waals surface area contributed by atoms with Crippen molar-refractivity contribution in [3.63, 3.8) is 0 Å². The maximum Gasteiger partial charge on any atom is 0.245 e. The second-order valence-electron chi connectivity index (χ2n) is 5.71. The van der Waals surface area contributed by atoms with Gasteiger partial charge in [0.15, 0.2) is 5.01 Å². The highest BCUT2D eigenvalue weighted by Gasteiger charge is 2.28. The first-order valence-electron chi connectivity index (χ1n) is 7.89. The number of nitrogens with one attached hydrogen (secondary N) is 1. The van der Waals surface area contributed by atoms with Crippen molar-refractivity contribution in [3.05, 3.63) is 41.9 Å². The van der Waals surface area contributed by atoms with Gasteiger partial charge in [0.2, 0.25) is 16.9 Å². The predicted molar refractivity (Wildman–Crippen MR) is 98.5 cm³/mol. The number of amides is 2. The van der Waals surface area contributed by atoms with Crippen molar-refractivity contribution in [2.75, 3.05) is 18.4 Å². The summed E-state index contributed by atoms with van der Waals surface area (Å²) in [5, 5.41) is 12.6. The van der Waals surface area contributed by atoms with E-state index in [9.17, 15) is 9.59 Å². The lowest BCUT2D eigenvalue weighted by atomic mass is 9.97. The fourth-order valence-corrected chi connectivity index (χ4v) is 3.81. The Balaban J connectivity index is 1.67. The van der Waals surface area contributed by atoms with Crippen LogP contribution in [0.5, 0.6) is 0 Å².